The van der Waals surface area contributed by atoms with Gasteiger partial charge in [-0.15, -0.1) is 23.5 Å². The van der Waals surface area contributed by atoms with Crippen LogP contribution in [0.25, 0.3) is 0 Å². The van der Waals surface area contributed by atoms with Gasteiger partial charge in [0, 0.05) is 23.1 Å². The normalized spacial score (nSPS) is 18.1. The Morgan fingerprint density at radius 2 is 1.79 bits per heavy atom. The molecule has 2 fully saturated rings. The van der Waals surface area contributed by atoms with Crippen LogP contribution in [-0.4, -0.2) is 43.7 Å². The zero-order chi connectivity index (χ0) is 19.3. The Morgan fingerprint density at radius 1 is 1.07 bits per heavy atom. The van der Waals surface area contributed by atoms with E-state index in [0.717, 1.165) is 28.9 Å². The highest BCUT2D eigenvalue weighted by molar-refractivity contribution is 9.10. The van der Waals surface area contributed by atoms with Crippen molar-refractivity contribution in [3.8, 4) is 0 Å². The van der Waals surface area contributed by atoms with Crippen molar-refractivity contribution in [3.63, 3.8) is 0 Å². The van der Waals surface area contributed by atoms with Crippen molar-refractivity contribution in [1.82, 2.24) is 0 Å². The molecule has 4 rings (SSSR count). The van der Waals surface area contributed by atoms with Crippen LogP contribution >= 0.6 is 39.5 Å². The van der Waals surface area contributed by atoms with Crippen LogP contribution in [-0.2, 0) is 4.74 Å². The van der Waals surface area contributed by atoms with E-state index in [2.05, 4.69) is 38.3 Å². The van der Waals surface area contributed by atoms with E-state index in [9.17, 15) is 4.79 Å². The fourth-order valence-electron chi connectivity index (χ4n) is 3.35. The zero-order valence-electron chi connectivity index (χ0n) is 15.5. The van der Waals surface area contributed by atoms with E-state index in [0.29, 0.717) is 23.4 Å². The van der Waals surface area contributed by atoms with E-state index in [1.807, 2.05) is 53.9 Å². The zero-order valence-corrected chi connectivity index (χ0v) is 18.7. The van der Waals surface area contributed by atoms with Gasteiger partial charge < -0.3 is 15.0 Å². The molecule has 2 saturated heterocycles. The quantitative estimate of drug-likeness (QED) is 0.636. The van der Waals surface area contributed by atoms with Crippen LogP contribution in [0.5, 0.6) is 0 Å². The van der Waals surface area contributed by atoms with Gasteiger partial charge in [-0.1, -0.05) is 28.1 Å². The number of hydrogen-bond donors (Lipinski definition) is 1. The Kier molecular flexibility index (Phi) is 6.88. The third-order valence-electron chi connectivity index (χ3n) is 4.83. The fraction of sp³-hybridized carbons (Fsp3) is 0.381. The van der Waals surface area contributed by atoms with Crippen LogP contribution in [0.3, 0.4) is 0 Å². The predicted molar refractivity (Wildman–Crippen MR) is 124 cm³/mol. The van der Waals surface area contributed by atoms with E-state index in [4.69, 9.17) is 4.74 Å². The minimum Gasteiger partial charge on any atom is -0.378 e. The number of nitrogens with one attached hydrogen (secondary N) is 1. The summed E-state index contributed by atoms with van der Waals surface area (Å²) in [5, 5.41) is 3.10. The van der Waals surface area contributed by atoms with E-state index < -0.39 is 0 Å². The van der Waals surface area contributed by atoms with Gasteiger partial charge >= 0.3 is 0 Å². The summed E-state index contributed by atoms with van der Waals surface area (Å²) in [6.07, 6.45) is 1.28. The van der Waals surface area contributed by atoms with E-state index in [1.54, 1.807) is 0 Å². The maximum Gasteiger partial charge on any atom is 0.255 e. The molecular weight excluding hydrogens is 456 g/mol. The van der Waals surface area contributed by atoms with Gasteiger partial charge in [-0.25, -0.2) is 0 Å². The predicted octanol–water partition coefficient (Wildman–Crippen LogP) is 5.41. The monoisotopic (exact) mass is 478 g/mol. The van der Waals surface area contributed by atoms with Gasteiger partial charge in [0.25, 0.3) is 5.91 Å². The first kappa shape index (κ1) is 20.1. The summed E-state index contributed by atoms with van der Waals surface area (Å²) in [5.74, 6) is 2.35. The number of carbonyl (C=O) groups excluding carboxylic acids is 1. The first-order valence-corrected chi connectivity index (χ1v) is 12.4. The maximum absolute atomic E-state index is 12.9. The fourth-order valence-corrected chi connectivity index (χ4v) is 6.61. The SMILES string of the molecule is O=C(Nc1cc(Br)ccc1N1CCOCC1)c1ccc(C2SCCCS2)cc1. The number of halogens is 1. The van der Waals surface area contributed by atoms with Crippen molar-refractivity contribution < 1.29 is 9.53 Å². The number of hydrogen-bond acceptors (Lipinski definition) is 5. The Labute approximate surface area is 182 Å². The van der Waals surface area contributed by atoms with Gasteiger partial charge in [0.1, 0.15) is 0 Å². The van der Waals surface area contributed by atoms with Crippen molar-refractivity contribution in [2.45, 2.75) is 11.0 Å². The number of carbonyl (C=O) groups is 1. The van der Waals surface area contributed by atoms with Crippen LogP contribution in [0.1, 0.15) is 26.9 Å². The van der Waals surface area contributed by atoms with Gasteiger partial charge in [0.05, 0.1) is 29.2 Å². The van der Waals surface area contributed by atoms with Crippen molar-refractivity contribution >= 4 is 56.7 Å². The minimum absolute atomic E-state index is 0.0805. The molecule has 0 aromatic heterocycles. The highest BCUT2D eigenvalue weighted by atomic mass is 79.9. The van der Waals surface area contributed by atoms with Crippen LogP contribution in [0, 0.1) is 0 Å². The summed E-state index contributed by atoms with van der Waals surface area (Å²) >= 11 is 7.51. The van der Waals surface area contributed by atoms with Gasteiger partial charge in [-0.2, -0.15) is 0 Å². The molecule has 148 valence electrons. The lowest BCUT2D eigenvalue weighted by molar-refractivity contribution is 0.102. The lowest BCUT2D eigenvalue weighted by atomic mass is 10.1. The lowest BCUT2D eigenvalue weighted by Crippen LogP contribution is -2.36. The highest BCUT2D eigenvalue weighted by Crippen LogP contribution is 2.43. The summed E-state index contributed by atoms with van der Waals surface area (Å²) in [4.78, 5) is 15.1. The molecule has 0 radical (unpaired) electrons. The van der Waals surface area contributed by atoms with Crippen LogP contribution < -0.4 is 10.2 Å². The standard InChI is InChI=1S/C21H23BrN2O2S2/c22-17-6-7-19(24-8-10-26-11-9-24)18(14-17)23-20(25)15-2-4-16(5-3-15)21-27-12-1-13-28-21/h2-7,14,21H,1,8-13H2,(H,23,25). The molecule has 2 aromatic carbocycles. The molecule has 0 bridgehead atoms. The second-order valence-corrected chi connectivity index (χ2v) is 10.4. The average Bonchev–Trinajstić information content (AvgIpc) is 2.75. The Bertz CT molecular complexity index is 820. The molecule has 0 aliphatic carbocycles. The molecule has 28 heavy (non-hydrogen) atoms. The van der Waals surface area contributed by atoms with E-state index in [-0.39, 0.29) is 5.91 Å². The third-order valence-corrected chi connectivity index (χ3v) is 8.34. The molecule has 0 unspecified atom stereocenters. The van der Waals surface area contributed by atoms with Crippen LogP contribution in [0.2, 0.25) is 0 Å². The second-order valence-electron chi connectivity index (χ2n) is 6.76. The van der Waals surface area contributed by atoms with Crippen LogP contribution in [0.15, 0.2) is 46.9 Å². The van der Waals surface area contributed by atoms with Crippen molar-refractivity contribution in [2.75, 3.05) is 48.0 Å². The van der Waals surface area contributed by atoms with Crippen LogP contribution in [0.4, 0.5) is 11.4 Å². The molecule has 2 heterocycles. The second kappa shape index (κ2) is 9.57. The molecule has 2 aliphatic rings. The smallest absolute Gasteiger partial charge is 0.255 e. The molecule has 0 saturated carbocycles. The first-order chi connectivity index (χ1) is 13.7. The summed E-state index contributed by atoms with van der Waals surface area (Å²) in [6.45, 7) is 3.08. The molecule has 0 atom stereocenters. The molecule has 1 N–H and O–H groups in total. The molecular formula is C21H23BrN2O2S2. The lowest BCUT2D eigenvalue weighted by Gasteiger charge is -2.30. The highest BCUT2D eigenvalue weighted by Gasteiger charge is 2.19. The van der Waals surface area contributed by atoms with Crippen molar-refractivity contribution in [3.05, 3.63) is 58.1 Å². The number of nitrogens with zero attached hydrogens (tertiary/aromatic N) is 1. The molecule has 7 heteroatoms. The molecule has 2 aromatic rings. The topological polar surface area (TPSA) is 41.6 Å². The maximum atomic E-state index is 12.9. The van der Waals surface area contributed by atoms with Gasteiger partial charge in [0.15, 0.2) is 0 Å². The third kappa shape index (κ3) is 4.87. The van der Waals surface area contributed by atoms with Crippen molar-refractivity contribution in [1.29, 1.82) is 0 Å². The summed E-state index contributed by atoms with van der Waals surface area (Å²) in [6, 6.07) is 14.1. The number of benzene rings is 2. The number of ether oxygens (including phenoxy) is 1. The first-order valence-electron chi connectivity index (χ1n) is 9.47. The Balaban J connectivity index is 1.49. The molecule has 0 spiro atoms. The van der Waals surface area contributed by atoms with Gasteiger partial charge in [0.2, 0.25) is 0 Å². The van der Waals surface area contributed by atoms with Crippen molar-refractivity contribution in [2.24, 2.45) is 0 Å². The summed E-state index contributed by atoms with van der Waals surface area (Å²) in [7, 11) is 0. The Hall–Kier alpha value is -1.15. The number of amides is 1. The number of morpholine rings is 1. The van der Waals surface area contributed by atoms with Gasteiger partial charge in [-0.05, 0) is 53.8 Å². The molecule has 4 nitrogen and oxygen atoms in total. The number of anilines is 2. The van der Waals surface area contributed by atoms with E-state index >= 15 is 0 Å². The number of rotatable bonds is 4. The van der Waals surface area contributed by atoms with Gasteiger partial charge in [-0.3, -0.25) is 4.79 Å². The average molecular weight is 479 g/mol. The summed E-state index contributed by atoms with van der Waals surface area (Å²) < 4.78 is 6.89. The summed E-state index contributed by atoms with van der Waals surface area (Å²) in [5.41, 5.74) is 3.83. The minimum atomic E-state index is -0.0805. The van der Waals surface area contributed by atoms with E-state index in [1.165, 1.54) is 23.5 Å². The molecule has 1 amide bonds. The molecule has 2 aliphatic heterocycles. The number of thioether (sulfide) groups is 2. The largest absolute Gasteiger partial charge is 0.378 e. The Morgan fingerprint density at radius 3 is 2.50 bits per heavy atom.